The van der Waals surface area contributed by atoms with Gasteiger partial charge in [0.25, 0.3) is 0 Å². The zero-order chi connectivity index (χ0) is 46.2. The normalized spacial score (nSPS) is 13.3. The summed E-state index contributed by atoms with van der Waals surface area (Å²) in [5.41, 5.74) is 14.9. The molecule has 6 heteroatoms. The number of rotatable bonds is 8. The van der Waals surface area contributed by atoms with Gasteiger partial charge >= 0.3 is 0 Å². The van der Waals surface area contributed by atoms with Gasteiger partial charge in [-0.05, 0) is 109 Å². The summed E-state index contributed by atoms with van der Waals surface area (Å²) < 4.78 is 9.25. The molecular weight excluding hydrogens is 988 g/mol. The van der Waals surface area contributed by atoms with Crippen molar-refractivity contribution in [3.05, 3.63) is 174 Å². The molecule has 0 bridgehead atoms. The van der Waals surface area contributed by atoms with Gasteiger partial charge in [-0.15, -0.1) is 53.6 Å². The topological polar surface area (TPSA) is 33.5 Å². The molecule has 0 unspecified atom stereocenters. The molecule has 0 saturated heterocycles. The number of pyridine rings is 1. The standard InChI is InChI=1S/C60H63N4O.Pt/c1-38(2)48-21-17-22-49(39(3)4)57(48)40-30-45(63-37-62(44-19-16-18-41(32-44)58(5,6)7)55-33-42(59(8,9)10)24-27-53(55)63)35-47(31-40)65-46-25-26-51-50-20-14-15-23-52(50)64(54(51)36-46)56-34-43(28-29-61-56)60(11,12)13;/h14-34,37-39H,1-13H3;/q-3;. The van der Waals surface area contributed by atoms with Crippen molar-refractivity contribution >= 4 is 44.6 Å². The number of hydrogen-bond acceptors (Lipinski definition) is 4. The maximum absolute atomic E-state index is 7.03. The van der Waals surface area contributed by atoms with E-state index in [1.807, 2.05) is 12.3 Å². The number of anilines is 4. The molecule has 6 aromatic carbocycles. The molecule has 3 heterocycles. The van der Waals surface area contributed by atoms with Crippen molar-refractivity contribution < 1.29 is 25.8 Å². The monoisotopic (exact) mass is 1050 g/mol. The van der Waals surface area contributed by atoms with Gasteiger partial charge in [-0.25, -0.2) is 4.98 Å². The second-order valence-corrected chi connectivity index (χ2v) is 21.5. The van der Waals surface area contributed by atoms with E-state index in [1.54, 1.807) is 0 Å². The van der Waals surface area contributed by atoms with E-state index in [-0.39, 0.29) is 37.3 Å². The molecule has 0 amide bonds. The largest absolute Gasteiger partial charge is 0.509 e. The predicted octanol–water partition coefficient (Wildman–Crippen LogP) is 16.8. The van der Waals surface area contributed by atoms with Gasteiger partial charge in [0.2, 0.25) is 0 Å². The van der Waals surface area contributed by atoms with Crippen molar-refractivity contribution in [3.8, 4) is 28.4 Å². The van der Waals surface area contributed by atoms with Crippen molar-refractivity contribution in [2.24, 2.45) is 0 Å². The van der Waals surface area contributed by atoms with Crippen LogP contribution < -0.4 is 14.5 Å². The van der Waals surface area contributed by atoms with E-state index in [0.717, 1.165) is 55.9 Å². The predicted molar refractivity (Wildman–Crippen MR) is 274 cm³/mol. The molecule has 0 spiro atoms. The first-order chi connectivity index (χ1) is 30.8. The quantitative estimate of drug-likeness (QED) is 0.142. The molecule has 9 rings (SSSR count). The SMILES string of the molecule is CC(C)c1cccc(C(C)C)c1-c1cc(Oc2[c-]c3c(cc2)c2ccccc2n3-c2cc(C(C)(C)C)ccn2)[c-]c(N2[CH-]N(c3cccc(C(C)(C)C)c3)c3cc(C(C)(C)C)ccc32)c1.[Pt]. The Morgan fingerprint density at radius 1 is 0.561 bits per heavy atom. The van der Waals surface area contributed by atoms with E-state index in [1.165, 1.54) is 33.4 Å². The number of ether oxygens (including phenoxy) is 1. The number of hydrogen-bond donors (Lipinski definition) is 0. The molecule has 1 aliphatic rings. The molecule has 0 atom stereocenters. The maximum Gasteiger partial charge on any atom is 0.135 e. The third-order valence-electron chi connectivity index (χ3n) is 13.0. The van der Waals surface area contributed by atoms with Crippen LogP contribution in [0.4, 0.5) is 22.7 Å². The zero-order valence-electron chi connectivity index (χ0n) is 40.9. The Bertz CT molecular complexity index is 3060. The summed E-state index contributed by atoms with van der Waals surface area (Å²) in [5.74, 6) is 2.70. The Morgan fingerprint density at radius 3 is 1.89 bits per heavy atom. The summed E-state index contributed by atoms with van der Waals surface area (Å²) in [7, 11) is 0. The van der Waals surface area contributed by atoms with Gasteiger partial charge < -0.3 is 19.1 Å². The molecule has 0 N–H and O–H groups in total. The van der Waals surface area contributed by atoms with Crippen LogP contribution in [-0.2, 0) is 37.3 Å². The molecule has 342 valence electrons. The molecular formula is C60H63N4OPt-3. The fourth-order valence-electron chi connectivity index (χ4n) is 9.19. The number of benzene rings is 6. The van der Waals surface area contributed by atoms with Gasteiger partial charge in [-0.1, -0.05) is 150 Å². The molecule has 0 aliphatic carbocycles. The maximum atomic E-state index is 7.03. The van der Waals surface area contributed by atoms with Crippen molar-refractivity contribution in [1.29, 1.82) is 0 Å². The van der Waals surface area contributed by atoms with Crippen LogP contribution in [0.25, 0.3) is 38.8 Å². The van der Waals surface area contributed by atoms with E-state index >= 15 is 0 Å². The minimum absolute atomic E-state index is 0. The van der Waals surface area contributed by atoms with Gasteiger partial charge in [0.1, 0.15) is 5.82 Å². The van der Waals surface area contributed by atoms with E-state index in [9.17, 15) is 0 Å². The molecule has 8 aromatic rings. The van der Waals surface area contributed by atoms with E-state index in [2.05, 4.69) is 238 Å². The van der Waals surface area contributed by atoms with Crippen LogP contribution >= 0.6 is 0 Å². The Balaban J connectivity index is 0.00000592. The summed E-state index contributed by atoms with van der Waals surface area (Å²) in [6.45, 7) is 31.7. The van der Waals surface area contributed by atoms with Crippen LogP contribution in [0.1, 0.15) is 130 Å². The Labute approximate surface area is 408 Å². The molecule has 66 heavy (non-hydrogen) atoms. The van der Waals surface area contributed by atoms with Gasteiger partial charge in [-0.3, -0.25) is 0 Å². The number of nitrogens with zero attached hydrogens (tertiary/aromatic N) is 4. The van der Waals surface area contributed by atoms with Crippen LogP contribution in [-0.4, -0.2) is 9.55 Å². The number of fused-ring (bicyclic) bond motifs is 4. The van der Waals surface area contributed by atoms with Crippen LogP contribution in [0, 0.1) is 18.8 Å². The average Bonchev–Trinajstić information content (AvgIpc) is 3.81. The summed E-state index contributed by atoms with van der Waals surface area (Å²) in [6.07, 6.45) is 1.92. The van der Waals surface area contributed by atoms with Crippen LogP contribution in [0.2, 0.25) is 0 Å². The average molecular weight is 1050 g/mol. The summed E-state index contributed by atoms with van der Waals surface area (Å²) in [6, 6.07) is 51.6. The first-order valence-corrected chi connectivity index (χ1v) is 23.3. The van der Waals surface area contributed by atoms with Gasteiger partial charge in [0.05, 0.1) is 0 Å². The van der Waals surface area contributed by atoms with Crippen molar-refractivity contribution in [3.63, 3.8) is 0 Å². The van der Waals surface area contributed by atoms with E-state index in [4.69, 9.17) is 9.72 Å². The van der Waals surface area contributed by atoms with Crippen LogP contribution in [0.5, 0.6) is 11.5 Å². The van der Waals surface area contributed by atoms with Gasteiger partial charge in [0.15, 0.2) is 0 Å². The summed E-state index contributed by atoms with van der Waals surface area (Å²) in [4.78, 5) is 9.54. The number of para-hydroxylation sites is 1. The smallest absolute Gasteiger partial charge is 0.135 e. The zero-order valence-corrected chi connectivity index (χ0v) is 43.1. The molecule has 0 fully saturated rings. The van der Waals surface area contributed by atoms with Gasteiger partial charge in [-0.2, -0.15) is 6.07 Å². The molecule has 2 aromatic heterocycles. The molecule has 5 nitrogen and oxygen atoms in total. The third kappa shape index (κ3) is 8.84. The summed E-state index contributed by atoms with van der Waals surface area (Å²) in [5, 5.41) is 2.24. The minimum Gasteiger partial charge on any atom is -0.509 e. The summed E-state index contributed by atoms with van der Waals surface area (Å²) >= 11 is 0. The minimum atomic E-state index is -0.0354. The van der Waals surface area contributed by atoms with Crippen molar-refractivity contribution in [1.82, 2.24) is 9.55 Å². The Hall–Kier alpha value is -5.64. The van der Waals surface area contributed by atoms with Gasteiger partial charge in [0, 0.05) is 61.3 Å². The van der Waals surface area contributed by atoms with Crippen LogP contribution in [0.15, 0.2) is 128 Å². The second kappa shape index (κ2) is 17.5. The van der Waals surface area contributed by atoms with Crippen molar-refractivity contribution in [2.75, 3.05) is 9.80 Å². The van der Waals surface area contributed by atoms with Crippen LogP contribution in [0.3, 0.4) is 0 Å². The molecule has 0 radical (unpaired) electrons. The first kappa shape index (κ1) is 46.9. The third-order valence-corrected chi connectivity index (χ3v) is 13.0. The fraction of sp³-hybridized carbons (Fsp3) is 0.300. The molecule has 1 aliphatic heterocycles. The first-order valence-electron chi connectivity index (χ1n) is 23.3. The van der Waals surface area contributed by atoms with E-state index in [0.29, 0.717) is 23.3 Å². The number of aromatic nitrogens is 2. The molecule has 0 saturated carbocycles. The Morgan fingerprint density at radius 2 is 1.21 bits per heavy atom. The van der Waals surface area contributed by atoms with E-state index < -0.39 is 0 Å². The Kier molecular flexibility index (Phi) is 12.5. The van der Waals surface area contributed by atoms with Crippen molar-refractivity contribution in [2.45, 2.75) is 118 Å². The second-order valence-electron chi connectivity index (χ2n) is 21.5. The fourth-order valence-corrected chi connectivity index (χ4v) is 9.19.